The summed E-state index contributed by atoms with van der Waals surface area (Å²) in [4.78, 5) is 16.7. The minimum absolute atomic E-state index is 0.193. The molecule has 152 valence electrons. The van der Waals surface area contributed by atoms with E-state index in [2.05, 4.69) is 60.4 Å². The van der Waals surface area contributed by atoms with E-state index in [4.69, 9.17) is 4.74 Å². The van der Waals surface area contributed by atoms with Crippen LogP contribution in [0.3, 0.4) is 0 Å². The molecule has 2 atom stereocenters. The van der Waals surface area contributed by atoms with E-state index in [-0.39, 0.29) is 5.97 Å². The number of thiophene rings is 1. The van der Waals surface area contributed by atoms with Crippen LogP contribution in [0.1, 0.15) is 60.0 Å². The van der Waals surface area contributed by atoms with Crippen molar-refractivity contribution in [2.24, 2.45) is 0 Å². The molecule has 0 amide bonds. The Kier molecular flexibility index (Phi) is 6.19. The van der Waals surface area contributed by atoms with Crippen LogP contribution in [-0.2, 0) is 4.74 Å². The van der Waals surface area contributed by atoms with Crippen LogP contribution in [-0.4, -0.2) is 25.2 Å². The van der Waals surface area contributed by atoms with Crippen molar-refractivity contribution in [3.05, 3.63) is 64.4 Å². The molecule has 1 aliphatic carbocycles. The molecule has 1 aromatic heterocycles. The number of rotatable bonds is 6. The van der Waals surface area contributed by atoms with E-state index in [1.165, 1.54) is 40.6 Å². The zero-order valence-electron chi connectivity index (χ0n) is 17.3. The van der Waals surface area contributed by atoms with Crippen molar-refractivity contribution in [3.8, 4) is 0 Å². The van der Waals surface area contributed by atoms with Gasteiger partial charge in [0, 0.05) is 28.5 Å². The monoisotopic (exact) mass is 407 g/mol. The molecule has 3 aromatic rings. The molecule has 1 saturated carbocycles. The molecule has 29 heavy (non-hydrogen) atoms. The van der Waals surface area contributed by atoms with E-state index < -0.39 is 0 Å². The van der Waals surface area contributed by atoms with Gasteiger partial charge in [0.05, 0.1) is 6.61 Å². The van der Waals surface area contributed by atoms with Gasteiger partial charge < -0.3 is 9.64 Å². The quantitative estimate of drug-likeness (QED) is 0.429. The van der Waals surface area contributed by atoms with E-state index >= 15 is 0 Å². The van der Waals surface area contributed by atoms with Gasteiger partial charge in [0.15, 0.2) is 0 Å². The average molecular weight is 408 g/mol. The summed E-state index contributed by atoms with van der Waals surface area (Å²) in [5.74, 6) is 0.327. The molecule has 4 heteroatoms. The number of hydrogen-bond acceptors (Lipinski definition) is 4. The summed E-state index contributed by atoms with van der Waals surface area (Å²) in [6, 6.07) is 19.9. The van der Waals surface area contributed by atoms with Crippen LogP contribution in [0.15, 0.2) is 54.6 Å². The van der Waals surface area contributed by atoms with Gasteiger partial charge in [-0.15, -0.1) is 11.3 Å². The second kappa shape index (κ2) is 9.00. The van der Waals surface area contributed by atoms with E-state index in [9.17, 15) is 4.79 Å². The molecule has 0 saturated heterocycles. The van der Waals surface area contributed by atoms with Gasteiger partial charge in [-0.3, -0.25) is 0 Å². The largest absolute Gasteiger partial charge is 0.462 e. The Morgan fingerprint density at radius 1 is 1.07 bits per heavy atom. The highest BCUT2D eigenvalue weighted by Gasteiger charge is 2.29. The third kappa shape index (κ3) is 4.18. The Bertz CT molecular complexity index is 974. The van der Waals surface area contributed by atoms with Gasteiger partial charge in [-0.1, -0.05) is 42.8 Å². The highest BCUT2D eigenvalue weighted by atomic mass is 32.1. The third-order valence-corrected chi connectivity index (χ3v) is 7.24. The molecule has 1 fully saturated rings. The number of carbonyl (C=O) groups excluding carboxylic acids is 1. The molecule has 4 rings (SSSR count). The number of benzene rings is 2. The smallest absolute Gasteiger partial charge is 0.348 e. The van der Waals surface area contributed by atoms with Crippen molar-refractivity contribution >= 4 is 33.8 Å². The molecule has 1 aliphatic rings. The number of hydrogen-bond donors (Lipinski definition) is 0. The zero-order valence-corrected chi connectivity index (χ0v) is 18.1. The molecule has 0 radical (unpaired) electrons. The minimum atomic E-state index is -0.193. The van der Waals surface area contributed by atoms with Gasteiger partial charge in [-0.05, 0) is 62.6 Å². The highest BCUT2D eigenvalue weighted by Crippen LogP contribution is 2.40. The van der Waals surface area contributed by atoms with Gasteiger partial charge >= 0.3 is 5.97 Å². The zero-order chi connectivity index (χ0) is 20.2. The molecule has 3 nitrogen and oxygen atoms in total. The second-order valence-corrected chi connectivity index (χ2v) is 8.84. The van der Waals surface area contributed by atoms with Gasteiger partial charge in [0.2, 0.25) is 0 Å². The van der Waals surface area contributed by atoms with Crippen molar-refractivity contribution in [1.29, 1.82) is 0 Å². The van der Waals surface area contributed by atoms with Crippen molar-refractivity contribution in [3.63, 3.8) is 0 Å². The minimum Gasteiger partial charge on any atom is -0.462 e. The van der Waals surface area contributed by atoms with Crippen LogP contribution in [0.4, 0.5) is 5.69 Å². The third-order valence-electron chi connectivity index (χ3n) is 6.01. The van der Waals surface area contributed by atoms with Crippen LogP contribution in [0.5, 0.6) is 0 Å². The summed E-state index contributed by atoms with van der Waals surface area (Å²) in [5, 5.41) is 2.63. The number of carbonyl (C=O) groups is 1. The standard InChI is InChI=1S/C25H29NO2S/c1-3-26(22-14-8-10-18-9-5-6-13-21(18)22)20-12-7-11-19(17-20)23-15-16-24(29-23)25(27)28-4-2/h5-6,8-10,13-16,19-20H,3-4,7,11-12,17H2,1-2H3. The topological polar surface area (TPSA) is 29.5 Å². The summed E-state index contributed by atoms with van der Waals surface area (Å²) < 4.78 is 5.17. The number of nitrogens with zero attached hydrogens (tertiary/aromatic N) is 1. The predicted molar refractivity (Wildman–Crippen MR) is 122 cm³/mol. The van der Waals surface area contributed by atoms with Gasteiger partial charge in [0.1, 0.15) is 4.88 Å². The lowest BCUT2D eigenvalue weighted by Gasteiger charge is -2.39. The summed E-state index contributed by atoms with van der Waals surface area (Å²) >= 11 is 1.61. The predicted octanol–water partition coefficient (Wildman–Crippen LogP) is 6.63. The average Bonchev–Trinajstić information content (AvgIpc) is 3.25. The Balaban J connectivity index is 1.56. The number of anilines is 1. The number of esters is 1. The fraction of sp³-hybridized carbons (Fsp3) is 0.400. The van der Waals surface area contributed by atoms with Crippen LogP contribution >= 0.6 is 11.3 Å². The fourth-order valence-corrected chi connectivity index (χ4v) is 5.72. The van der Waals surface area contributed by atoms with Crippen molar-refractivity contribution in [1.82, 2.24) is 0 Å². The Morgan fingerprint density at radius 3 is 2.72 bits per heavy atom. The fourth-order valence-electron chi connectivity index (χ4n) is 4.67. The highest BCUT2D eigenvalue weighted by molar-refractivity contribution is 7.14. The Morgan fingerprint density at radius 2 is 1.90 bits per heavy atom. The van der Waals surface area contributed by atoms with Crippen LogP contribution < -0.4 is 4.90 Å². The molecule has 1 heterocycles. The Hall–Kier alpha value is -2.33. The molecule has 0 aliphatic heterocycles. The number of fused-ring (bicyclic) bond motifs is 1. The molecule has 2 aromatic carbocycles. The summed E-state index contributed by atoms with van der Waals surface area (Å²) in [5.41, 5.74) is 1.34. The first-order valence-electron chi connectivity index (χ1n) is 10.7. The van der Waals surface area contributed by atoms with Crippen LogP contribution in [0, 0.1) is 0 Å². The lowest BCUT2D eigenvalue weighted by Crippen LogP contribution is -2.38. The Labute approximate surface area is 177 Å². The van der Waals surface area contributed by atoms with E-state index in [0.717, 1.165) is 17.8 Å². The molecular weight excluding hydrogens is 378 g/mol. The van der Waals surface area contributed by atoms with Crippen molar-refractivity contribution in [2.45, 2.75) is 51.5 Å². The second-order valence-electron chi connectivity index (χ2n) is 7.72. The first-order valence-corrected chi connectivity index (χ1v) is 11.5. The molecule has 2 unspecified atom stereocenters. The van der Waals surface area contributed by atoms with E-state index in [1.54, 1.807) is 11.3 Å². The van der Waals surface area contributed by atoms with Crippen molar-refractivity contribution < 1.29 is 9.53 Å². The van der Waals surface area contributed by atoms with Crippen LogP contribution in [0.2, 0.25) is 0 Å². The normalized spacial score (nSPS) is 19.2. The molecule has 0 spiro atoms. The lowest BCUT2D eigenvalue weighted by atomic mass is 9.83. The van der Waals surface area contributed by atoms with Crippen molar-refractivity contribution in [2.75, 3.05) is 18.1 Å². The first kappa shape index (κ1) is 20.0. The van der Waals surface area contributed by atoms with Gasteiger partial charge in [-0.2, -0.15) is 0 Å². The van der Waals surface area contributed by atoms with Gasteiger partial charge in [-0.25, -0.2) is 4.79 Å². The SMILES string of the molecule is CCOC(=O)c1ccc(C2CCCC(N(CC)c3cccc4ccccc34)C2)s1. The van der Waals surface area contributed by atoms with E-state index in [1.807, 2.05) is 13.0 Å². The summed E-state index contributed by atoms with van der Waals surface area (Å²) in [7, 11) is 0. The maximum atomic E-state index is 12.0. The summed E-state index contributed by atoms with van der Waals surface area (Å²) in [6.07, 6.45) is 4.79. The first-order chi connectivity index (χ1) is 14.2. The van der Waals surface area contributed by atoms with E-state index in [0.29, 0.717) is 18.6 Å². The van der Waals surface area contributed by atoms with Crippen LogP contribution in [0.25, 0.3) is 10.8 Å². The lowest BCUT2D eigenvalue weighted by molar-refractivity contribution is 0.0532. The molecular formula is C25H29NO2S. The maximum absolute atomic E-state index is 12.0. The summed E-state index contributed by atoms with van der Waals surface area (Å²) in [6.45, 7) is 5.54. The maximum Gasteiger partial charge on any atom is 0.348 e. The molecule has 0 bridgehead atoms. The number of ether oxygens (including phenoxy) is 1. The van der Waals surface area contributed by atoms with Gasteiger partial charge in [0.25, 0.3) is 0 Å². The molecule has 0 N–H and O–H groups in total.